The number of anilines is 1. The number of carbonyl (C=O) groups is 2. The molecule has 0 aliphatic carbocycles. The molecule has 1 aliphatic rings. The van der Waals surface area contributed by atoms with Crippen molar-refractivity contribution < 1.29 is 9.59 Å². The van der Waals surface area contributed by atoms with Crippen LogP contribution in [0.25, 0.3) is 0 Å². The highest BCUT2D eigenvalue weighted by Crippen LogP contribution is 2.34. The van der Waals surface area contributed by atoms with Crippen LogP contribution in [0.4, 0.5) is 5.69 Å². The first-order chi connectivity index (χ1) is 9.50. The van der Waals surface area contributed by atoms with E-state index in [9.17, 15) is 9.59 Å². The number of hydrogen-bond acceptors (Lipinski definition) is 2. The Morgan fingerprint density at radius 1 is 1.00 bits per heavy atom. The van der Waals surface area contributed by atoms with Crippen molar-refractivity contribution in [2.24, 2.45) is 0 Å². The summed E-state index contributed by atoms with van der Waals surface area (Å²) in [6.45, 7) is 1.80. The largest absolute Gasteiger partial charge is 0.268 e. The number of imide groups is 1. The van der Waals surface area contributed by atoms with Crippen LogP contribution < -0.4 is 4.90 Å². The van der Waals surface area contributed by atoms with E-state index in [4.69, 9.17) is 23.2 Å². The first-order valence-corrected chi connectivity index (χ1v) is 6.70. The summed E-state index contributed by atoms with van der Waals surface area (Å²) in [5, 5.41) is 0.843. The molecule has 0 N–H and O–H groups in total. The molecule has 0 atom stereocenters. The lowest BCUT2D eigenvalue weighted by atomic mass is 10.1. The second-order valence-corrected chi connectivity index (χ2v) is 5.38. The fourth-order valence-electron chi connectivity index (χ4n) is 2.33. The number of aryl methyl sites for hydroxylation is 1. The van der Waals surface area contributed by atoms with Crippen molar-refractivity contribution in [3.05, 3.63) is 63.1 Å². The SMILES string of the molecule is Cc1cc(Cl)ccc1N1C(=O)c2cccc(Cl)c2C1=O. The molecule has 2 aromatic rings. The van der Waals surface area contributed by atoms with Gasteiger partial charge in [-0.15, -0.1) is 0 Å². The molecule has 0 spiro atoms. The van der Waals surface area contributed by atoms with Crippen molar-refractivity contribution in [3.63, 3.8) is 0 Å². The molecule has 2 aromatic carbocycles. The second kappa shape index (κ2) is 4.62. The smallest absolute Gasteiger partial charge is 0.267 e. The van der Waals surface area contributed by atoms with E-state index in [2.05, 4.69) is 0 Å². The third-order valence-electron chi connectivity index (χ3n) is 3.26. The van der Waals surface area contributed by atoms with Gasteiger partial charge in [0.15, 0.2) is 0 Å². The Bertz CT molecular complexity index is 756. The van der Waals surface area contributed by atoms with Crippen LogP contribution in [0.3, 0.4) is 0 Å². The number of carbonyl (C=O) groups excluding carboxylic acids is 2. The number of halogens is 2. The van der Waals surface area contributed by atoms with Gasteiger partial charge in [0.05, 0.1) is 21.8 Å². The molecule has 1 aliphatic heterocycles. The zero-order valence-corrected chi connectivity index (χ0v) is 12.0. The minimum absolute atomic E-state index is 0.258. The van der Waals surface area contributed by atoms with Crippen LogP contribution in [0, 0.1) is 6.92 Å². The quantitative estimate of drug-likeness (QED) is 0.744. The number of rotatable bonds is 1. The fourth-order valence-corrected chi connectivity index (χ4v) is 2.81. The van der Waals surface area contributed by atoms with Crippen LogP contribution in [0.1, 0.15) is 26.3 Å². The maximum atomic E-state index is 12.5. The lowest BCUT2D eigenvalue weighted by Crippen LogP contribution is -2.30. The van der Waals surface area contributed by atoms with Gasteiger partial charge in [-0.05, 0) is 42.8 Å². The molecular formula is C15H9Cl2NO2. The van der Waals surface area contributed by atoms with Crippen LogP contribution in [0.2, 0.25) is 10.0 Å². The highest BCUT2D eigenvalue weighted by atomic mass is 35.5. The molecule has 2 amide bonds. The van der Waals surface area contributed by atoms with Crippen molar-refractivity contribution in [2.45, 2.75) is 6.92 Å². The summed E-state index contributed by atoms with van der Waals surface area (Å²) in [4.78, 5) is 26.0. The molecule has 0 unspecified atom stereocenters. The van der Waals surface area contributed by atoms with Crippen LogP contribution in [0.15, 0.2) is 36.4 Å². The van der Waals surface area contributed by atoms with E-state index < -0.39 is 5.91 Å². The molecule has 0 saturated carbocycles. The van der Waals surface area contributed by atoms with Gasteiger partial charge in [-0.2, -0.15) is 0 Å². The first kappa shape index (κ1) is 13.2. The van der Waals surface area contributed by atoms with Gasteiger partial charge in [0, 0.05) is 5.02 Å². The number of amides is 2. The van der Waals surface area contributed by atoms with Crippen LogP contribution in [0.5, 0.6) is 0 Å². The van der Waals surface area contributed by atoms with E-state index in [0.29, 0.717) is 16.3 Å². The van der Waals surface area contributed by atoms with Crippen molar-refractivity contribution in [1.82, 2.24) is 0 Å². The molecule has 0 bridgehead atoms. The maximum Gasteiger partial charge on any atom is 0.267 e. The van der Waals surface area contributed by atoms with Crippen LogP contribution in [-0.4, -0.2) is 11.8 Å². The predicted octanol–water partition coefficient (Wildman–Crippen LogP) is 4.10. The lowest BCUT2D eigenvalue weighted by Gasteiger charge is -2.16. The Balaban J connectivity index is 2.17. The summed E-state index contributed by atoms with van der Waals surface area (Å²) < 4.78 is 0. The molecule has 0 radical (unpaired) electrons. The van der Waals surface area contributed by atoms with Gasteiger partial charge in [0.2, 0.25) is 0 Å². The number of benzene rings is 2. The van der Waals surface area contributed by atoms with Gasteiger partial charge in [-0.1, -0.05) is 29.3 Å². The second-order valence-electron chi connectivity index (χ2n) is 4.54. The molecule has 3 nitrogen and oxygen atoms in total. The predicted molar refractivity (Wildman–Crippen MR) is 78.8 cm³/mol. The minimum Gasteiger partial charge on any atom is -0.268 e. The van der Waals surface area contributed by atoms with E-state index in [1.807, 2.05) is 0 Å². The molecule has 1 heterocycles. The Kier molecular flexibility index (Phi) is 3.04. The van der Waals surface area contributed by atoms with Crippen LogP contribution in [-0.2, 0) is 0 Å². The lowest BCUT2D eigenvalue weighted by molar-refractivity contribution is 0.0926. The zero-order valence-electron chi connectivity index (χ0n) is 10.5. The summed E-state index contributed by atoms with van der Waals surface area (Å²) in [5.74, 6) is -0.765. The molecule has 5 heteroatoms. The number of fused-ring (bicyclic) bond motifs is 1. The van der Waals surface area contributed by atoms with Gasteiger partial charge in [0.25, 0.3) is 11.8 Å². The standard InChI is InChI=1S/C15H9Cl2NO2/c1-8-7-9(16)5-6-12(8)18-14(19)10-3-2-4-11(17)13(10)15(18)20/h2-7H,1H3. The average molecular weight is 306 g/mol. The van der Waals surface area contributed by atoms with Gasteiger partial charge in [-0.3, -0.25) is 9.59 Å². The summed E-state index contributed by atoms with van der Waals surface area (Å²) in [6, 6.07) is 9.88. The van der Waals surface area contributed by atoms with E-state index in [1.54, 1.807) is 43.3 Å². The highest BCUT2D eigenvalue weighted by molar-refractivity contribution is 6.42. The molecule has 3 rings (SSSR count). The molecular weight excluding hydrogens is 297 g/mol. The molecule has 0 aromatic heterocycles. The Hall–Kier alpha value is -1.84. The summed E-state index contributed by atoms with van der Waals surface area (Å²) in [7, 11) is 0. The Morgan fingerprint density at radius 2 is 1.75 bits per heavy atom. The summed E-state index contributed by atoms with van der Waals surface area (Å²) in [5.41, 5.74) is 1.87. The Labute approximate surface area is 125 Å². The van der Waals surface area contributed by atoms with Gasteiger partial charge >= 0.3 is 0 Å². The van der Waals surface area contributed by atoms with Crippen molar-refractivity contribution >= 4 is 40.7 Å². The van der Waals surface area contributed by atoms with Gasteiger partial charge < -0.3 is 0 Å². The summed E-state index contributed by atoms with van der Waals surface area (Å²) in [6.07, 6.45) is 0. The normalized spacial score (nSPS) is 13.8. The molecule has 0 fully saturated rings. The van der Waals surface area contributed by atoms with E-state index in [0.717, 1.165) is 10.5 Å². The molecule has 20 heavy (non-hydrogen) atoms. The van der Waals surface area contributed by atoms with E-state index >= 15 is 0 Å². The van der Waals surface area contributed by atoms with Gasteiger partial charge in [-0.25, -0.2) is 4.90 Å². The number of hydrogen-bond donors (Lipinski definition) is 0. The maximum absolute atomic E-state index is 12.5. The molecule has 0 saturated heterocycles. The third-order valence-corrected chi connectivity index (χ3v) is 3.81. The highest BCUT2D eigenvalue weighted by Gasteiger charge is 2.38. The third kappa shape index (κ3) is 1.82. The topological polar surface area (TPSA) is 37.4 Å². The first-order valence-electron chi connectivity index (χ1n) is 5.94. The monoisotopic (exact) mass is 305 g/mol. The average Bonchev–Trinajstić information content (AvgIpc) is 2.64. The summed E-state index contributed by atoms with van der Waals surface area (Å²) >= 11 is 11.9. The number of nitrogens with zero attached hydrogens (tertiary/aromatic N) is 1. The van der Waals surface area contributed by atoms with Crippen molar-refractivity contribution in [1.29, 1.82) is 0 Å². The van der Waals surface area contributed by atoms with E-state index in [-0.39, 0.29) is 16.5 Å². The molecule has 100 valence electrons. The minimum atomic E-state index is -0.402. The van der Waals surface area contributed by atoms with Gasteiger partial charge in [0.1, 0.15) is 0 Å². The van der Waals surface area contributed by atoms with E-state index in [1.165, 1.54) is 0 Å². The Morgan fingerprint density at radius 3 is 2.40 bits per heavy atom. The van der Waals surface area contributed by atoms with Crippen molar-refractivity contribution in [2.75, 3.05) is 4.90 Å². The van der Waals surface area contributed by atoms with Crippen molar-refractivity contribution in [3.8, 4) is 0 Å². The zero-order chi connectivity index (χ0) is 14.4. The van der Waals surface area contributed by atoms with Crippen LogP contribution >= 0.6 is 23.2 Å². The fraction of sp³-hybridized carbons (Fsp3) is 0.0667.